The van der Waals surface area contributed by atoms with Gasteiger partial charge in [0.25, 0.3) is 5.91 Å². The van der Waals surface area contributed by atoms with Crippen molar-refractivity contribution in [2.24, 2.45) is 0 Å². The second-order valence-corrected chi connectivity index (χ2v) is 8.65. The summed E-state index contributed by atoms with van der Waals surface area (Å²) in [5.41, 5.74) is 1.26. The number of ether oxygens (including phenoxy) is 4. The van der Waals surface area contributed by atoms with E-state index in [-0.39, 0.29) is 23.9 Å². The van der Waals surface area contributed by atoms with Gasteiger partial charge in [0.05, 0.1) is 37.0 Å². The van der Waals surface area contributed by atoms with Crippen molar-refractivity contribution < 1.29 is 28.5 Å². The molecule has 10 nitrogen and oxygen atoms in total. The van der Waals surface area contributed by atoms with E-state index in [9.17, 15) is 9.59 Å². The molecule has 0 saturated carbocycles. The molecule has 4 rings (SSSR count). The number of carbonyl (C=O) groups excluding carboxylic acids is 2. The Balaban J connectivity index is 1.76. The standard InChI is InChI=1S/C24H26N4O6S/c1-6-24(7-2)18-17(14-10-9-13(11-15(14)34-24)22(30)33-8-3)27-23(35-18)28-19(29)16-20(31-4)25-12-26-21(16)32-5/h9-12H,6-8H2,1-5H3,(H,27,28,29). The molecule has 0 spiro atoms. The number of benzene rings is 1. The van der Waals surface area contributed by atoms with Crippen LogP contribution in [0, 0.1) is 0 Å². The molecule has 1 N–H and O–H groups in total. The summed E-state index contributed by atoms with van der Waals surface area (Å²) in [4.78, 5) is 39.1. The molecule has 0 atom stereocenters. The lowest BCUT2D eigenvalue weighted by molar-refractivity contribution is 0.0509. The maximum atomic E-state index is 13.1. The van der Waals surface area contributed by atoms with Crippen molar-refractivity contribution in [3.63, 3.8) is 0 Å². The van der Waals surface area contributed by atoms with Crippen molar-refractivity contribution in [1.82, 2.24) is 15.0 Å². The van der Waals surface area contributed by atoms with Gasteiger partial charge in [0.1, 0.15) is 17.7 Å². The number of hydrogen-bond acceptors (Lipinski definition) is 10. The molecule has 11 heteroatoms. The predicted octanol–water partition coefficient (Wildman–Crippen LogP) is 4.45. The van der Waals surface area contributed by atoms with Crippen LogP contribution in [-0.4, -0.2) is 47.7 Å². The highest BCUT2D eigenvalue weighted by Gasteiger charge is 2.42. The molecule has 35 heavy (non-hydrogen) atoms. The van der Waals surface area contributed by atoms with E-state index in [1.807, 2.05) is 13.8 Å². The van der Waals surface area contributed by atoms with Crippen LogP contribution in [0.15, 0.2) is 24.5 Å². The molecule has 0 fully saturated rings. The average molecular weight is 499 g/mol. The van der Waals surface area contributed by atoms with E-state index >= 15 is 0 Å². The lowest BCUT2D eigenvalue weighted by Crippen LogP contribution is -2.34. The van der Waals surface area contributed by atoms with Gasteiger partial charge in [0.15, 0.2) is 10.7 Å². The second kappa shape index (κ2) is 9.87. The summed E-state index contributed by atoms with van der Waals surface area (Å²) in [6.07, 6.45) is 2.60. The number of esters is 1. The fraction of sp³-hybridized carbons (Fsp3) is 0.375. The largest absolute Gasteiger partial charge is 0.481 e. The third-order valence-electron chi connectivity index (χ3n) is 5.85. The second-order valence-electron chi connectivity index (χ2n) is 7.65. The number of anilines is 1. The maximum absolute atomic E-state index is 13.1. The van der Waals surface area contributed by atoms with Crippen LogP contribution in [0.1, 0.15) is 59.2 Å². The van der Waals surface area contributed by atoms with Gasteiger partial charge in [-0.3, -0.25) is 10.1 Å². The van der Waals surface area contributed by atoms with E-state index in [1.165, 1.54) is 31.9 Å². The molecular weight excluding hydrogens is 472 g/mol. The number of aromatic nitrogens is 3. The summed E-state index contributed by atoms with van der Waals surface area (Å²) >= 11 is 1.34. The van der Waals surface area contributed by atoms with Crippen LogP contribution < -0.4 is 19.5 Å². The number of carbonyl (C=O) groups is 2. The van der Waals surface area contributed by atoms with Crippen molar-refractivity contribution in [3.05, 3.63) is 40.5 Å². The van der Waals surface area contributed by atoms with E-state index in [4.69, 9.17) is 23.9 Å². The highest BCUT2D eigenvalue weighted by atomic mass is 32.1. The Morgan fingerprint density at radius 2 is 1.77 bits per heavy atom. The van der Waals surface area contributed by atoms with Gasteiger partial charge in [-0.2, -0.15) is 0 Å². The Labute approximate surface area is 206 Å². The van der Waals surface area contributed by atoms with Gasteiger partial charge in [-0.1, -0.05) is 25.2 Å². The van der Waals surface area contributed by atoms with E-state index in [2.05, 4.69) is 15.3 Å². The Bertz CT molecular complexity index is 1250. The predicted molar refractivity (Wildman–Crippen MR) is 129 cm³/mol. The molecule has 0 unspecified atom stereocenters. The topological polar surface area (TPSA) is 122 Å². The van der Waals surface area contributed by atoms with Crippen molar-refractivity contribution >= 4 is 28.3 Å². The molecule has 184 valence electrons. The molecule has 3 aromatic rings. The number of fused-ring (bicyclic) bond motifs is 3. The molecule has 3 heterocycles. The summed E-state index contributed by atoms with van der Waals surface area (Å²) in [5.74, 6) is -0.195. The Morgan fingerprint density at radius 1 is 1.09 bits per heavy atom. The lowest BCUT2D eigenvalue weighted by atomic mass is 9.89. The van der Waals surface area contributed by atoms with Crippen molar-refractivity contribution in [2.45, 2.75) is 39.2 Å². The summed E-state index contributed by atoms with van der Waals surface area (Å²) in [6.45, 7) is 6.10. The Hall–Kier alpha value is -3.73. The highest BCUT2D eigenvalue weighted by Crippen LogP contribution is 2.51. The van der Waals surface area contributed by atoms with E-state index in [0.717, 1.165) is 10.4 Å². The fourth-order valence-electron chi connectivity index (χ4n) is 4.00. The van der Waals surface area contributed by atoms with Gasteiger partial charge >= 0.3 is 5.97 Å². The molecule has 0 bridgehead atoms. The number of amides is 1. The van der Waals surface area contributed by atoms with Gasteiger partial charge in [-0.25, -0.2) is 19.7 Å². The summed E-state index contributed by atoms with van der Waals surface area (Å²) in [6, 6.07) is 5.16. The van der Waals surface area contributed by atoms with Gasteiger partial charge in [0.2, 0.25) is 11.8 Å². The SMILES string of the molecule is CCOC(=O)c1ccc2c(c1)OC(CC)(CC)c1sc(NC(=O)c3c(OC)ncnc3OC)nc1-2. The molecule has 1 aromatic carbocycles. The number of hydrogen-bond donors (Lipinski definition) is 1. The first-order valence-corrected chi connectivity index (χ1v) is 12.0. The Kier molecular flexibility index (Phi) is 6.88. The average Bonchev–Trinajstić information content (AvgIpc) is 3.31. The first-order chi connectivity index (χ1) is 16.9. The van der Waals surface area contributed by atoms with Crippen LogP contribution in [0.4, 0.5) is 5.13 Å². The number of thiazole rings is 1. The molecule has 2 aromatic heterocycles. The molecule has 1 aliphatic rings. The minimum absolute atomic E-state index is 0.0682. The van der Waals surface area contributed by atoms with Gasteiger partial charge in [-0.05, 0) is 38.0 Å². The highest BCUT2D eigenvalue weighted by molar-refractivity contribution is 7.16. The molecule has 0 aliphatic carbocycles. The summed E-state index contributed by atoms with van der Waals surface area (Å²) in [5, 5.41) is 3.21. The summed E-state index contributed by atoms with van der Waals surface area (Å²) in [7, 11) is 2.83. The zero-order valence-electron chi connectivity index (χ0n) is 20.1. The van der Waals surface area contributed by atoms with E-state index in [0.29, 0.717) is 35.0 Å². The zero-order valence-corrected chi connectivity index (χ0v) is 20.9. The molecule has 1 aliphatic heterocycles. The third-order valence-corrected chi connectivity index (χ3v) is 7.00. The summed E-state index contributed by atoms with van der Waals surface area (Å²) < 4.78 is 22.1. The van der Waals surface area contributed by atoms with E-state index in [1.54, 1.807) is 25.1 Å². The van der Waals surface area contributed by atoms with Crippen LogP contribution in [0.5, 0.6) is 17.5 Å². The fourth-order valence-corrected chi connectivity index (χ4v) is 5.24. The first-order valence-electron chi connectivity index (χ1n) is 11.2. The first kappa shape index (κ1) is 24.4. The normalized spacial score (nSPS) is 13.2. The third kappa shape index (κ3) is 4.27. The maximum Gasteiger partial charge on any atom is 0.338 e. The van der Waals surface area contributed by atoms with E-state index < -0.39 is 17.5 Å². The Morgan fingerprint density at radius 3 is 2.37 bits per heavy atom. The van der Waals surface area contributed by atoms with Crippen molar-refractivity contribution in [1.29, 1.82) is 0 Å². The molecule has 1 amide bonds. The molecule has 0 radical (unpaired) electrons. The number of nitrogens with zero attached hydrogens (tertiary/aromatic N) is 3. The van der Waals surface area contributed by atoms with Crippen molar-refractivity contribution in [2.75, 3.05) is 26.1 Å². The number of rotatable bonds is 8. The van der Waals surface area contributed by atoms with Gasteiger partial charge in [0, 0.05) is 5.56 Å². The van der Waals surface area contributed by atoms with Gasteiger partial charge < -0.3 is 18.9 Å². The zero-order chi connectivity index (χ0) is 25.2. The van der Waals surface area contributed by atoms with Crippen LogP contribution in [-0.2, 0) is 10.3 Å². The van der Waals surface area contributed by atoms with Crippen LogP contribution in [0.25, 0.3) is 11.3 Å². The monoisotopic (exact) mass is 498 g/mol. The minimum atomic E-state index is -0.651. The number of nitrogens with one attached hydrogen (secondary N) is 1. The molecular formula is C24H26N4O6S. The molecule has 0 saturated heterocycles. The smallest absolute Gasteiger partial charge is 0.338 e. The number of methoxy groups -OCH3 is 2. The van der Waals surface area contributed by atoms with Crippen LogP contribution in [0.3, 0.4) is 0 Å². The lowest BCUT2D eigenvalue weighted by Gasteiger charge is -2.36. The van der Waals surface area contributed by atoms with Crippen molar-refractivity contribution in [3.8, 4) is 28.8 Å². The quantitative estimate of drug-likeness (QED) is 0.449. The van der Waals surface area contributed by atoms with Crippen LogP contribution in [0.2, 0.25) is 0 Å². The minimum Gasteiger partial charge on any atom is -0.481 e. The van der Waals surface area contributed by atoms with Crippen LogP contribution >= 0.6 is 11.3 Å². The van der Waals surface area contributed by atoms with Gasteiger partial charge in [-0.15, -0.1) is 0 Å².